The first-order valence-electron chi connectivity index (χ1n) is 7.64. The van der Waals surface area contributed by atoms with E-state index in [2.05, 4.69) is 45.9 Å². The second-order valence-corrected chi connectivity index (χ2v) is 5.93. The number of aryl methyl sites for hydroxylation is 3. The lowest BCUT2D eigenvalue weighted by molar-refractivity contribution is -0.119. The van der Waals surface area contributed by atoms with Crippen LogP contribution in [0.5, 0.6) is 5.75 Å². The molecule has 2 aromatic rings. The molecule has 1 amide bonds. The highest BCUT2D eigenvalue weighted by atomic mass is 16.5. The Morgan fingerprint density at radius 3 is 2.17 bits per heavy atom. The third-order valence-corrected chi connectivity index (χ3v) is 3.72. The van der Waals surface area contributed by atoms with Crippen LogP contribution in [0.1, 0.15) is 34.7 Å². The van der Waals surface area contributed by atoms with Crippen molar-refractivity contribution in [3.63, 3.8) is 0 Å². The first kappa shape index (κ1) is 16.8. The number of hydrogen-bond donors (Lipinski definition) is 1. The van der Waals surface area contributed by atoms with Crippen molar-refractivity contribution >= 4 is 17.6 Å². The molecular weight excluding hydrogens is 286 g/mol. The Morgan fingerprint density at radius 1 is 1.09 bits per heavy atom. The lowest BCUT2D eigenvalue weighted by atomic mass is 9.93. The van der Waals surface area contributed by atoms with Crippen LogP contribution in [0, 0.1) is 20.8 Å². The minimum atomic E-state index is -0.477. The number of primary amides is 1. The Kier molecular flexibility index (Phi) is 5.22. The minimum absolute atomic E-state index is 0.101. The monoisotopic (exact) mass is 309 g/mol. The minimum Gasteiger partial charge on any atom is -0.484 e. The van der Waals surface area contributed by atoms with Gasteiger partial charge in [-0.05, 0) is 67.7 Å². The molecule has 0 aliphatic heterocycles. The molecule has 2 aromatic carbocycles. The van der Waals surface area contributed by atoms with Gasteiger partial charge in [0, 0.05) is 0 Å². The zero-order valence-electron chi connectivity index (χ0n) is 14.1. The number of rotatable bonds is 5. The van der Waals surface area contributed by atoms with Crippen LogP contribution in [0.3, 0.4) is 0 Å². The van der Waals surface area contributed by atoms with Gasteiger partial charge in [-0.1, -0.05) is 35.9 Å². The summed E-state index contributed by atoms with van der Waals surface area (Å²) in [4.78, 5) is 10.7. The van der Waals surface area contributed by atoms with Crippen molar-refractivity contribution in [2.24, 2.45) is 5.73 Å². The molecule has 0 aromatic heterocycles. The fraction of sp³-hybridized carbons (Fsp3) is 0.250. The van der Waals surface area contributed by atoms with E-state index in [1.165, 1.54) is 27.8 Å². The lowest BCUT2D eigenvalue weighted by Gasteiger charge is -2.12. The van der Waals surface area contributed by atoms with Gasteiger partial charge in [-0.25, -0.2) is 0 Å². The largest absolute Gasteiger partial charge is 0.484 e. The van der Waals surface area contributed by atoms with Gasteiger partial charge >= 0.3 is 0 Å². The standard InChI is InChI=1S/C20H23NO2/c1-13-9-14(2)20(15(3)10-13)16(4)11-17-5-7-18(8-6-17)23-12-19(21)22/h5-11H,12H2,1-4H3,(H2,21,22)/b16-11-. The van der Waals surface area contributed by atoms with Gasteiger partial charge in [0.2, 0.25) is 0 Å². The summed E-state index contributed by atoms with van der Waals surface area (Å²) in [6.07, 6.45) is 2.16. The molecule has 0 saturated heterocycles. The van der Waals surface area contributed by atoms with Crippen LogP contribution in [-0.2, 0) is 4.79 Å². The smallest absolute Gasteiger partial charge is 0.255 e. The summed E-state index contributed by atoms with van der Waals surface area (Å²) in [6, 6.07) is 12.0. The summed E-state index contributed by atoms with van der Waals surface area (Å²) in [5.41, 5.74) is 12.5. The average Bonchev–Trinajstić information content (AvgIpc) is 2.45. The normalized spacial score (nSPS) is 11.4. The van der Waals surface area contributed by atoms with E-state index in [0.717, 1.165) is 5.56 Å². The Hall–Kier alpha value is -2.55. The quantitative estimate of drug-likeness (QED) is 0.848. The van der Waals surface area contributed by atoms with Gasteiger partial charge in [-0.2, -0.15) is 0 Å². The van der Waals surface area contributed by atoms with Crippen molar-refractivity contribution in [2.45, 2.75) is 27.7 Å². The molecule has 3 heteroatoms. The second-order valence-electron chi connectivity index (χ2n) is 5.93. The summed E-state index contributed by atoms with van der Waals surface area (Å²) in [6.45, 7) is 8.44. The summed E-state index contributed by atoms with van der Waals surface area (Å²) in [5, 5.41) is 0. The average molecular weight is 309 g/mol. The number of benzene rings is 2. The second kappa shape index (κ2) is 7.14. The van der Waals surface area contributed by atoms with Crippen molar-refractivity contribution < 1.29 is 9.53 Å². The Labute approximate surface area is 137 Å². The number of amides is 1. The maximum atomic E-state index is 10.7. The first-order valence-corrected chi connectivity index (χ1v) is 7.64. The van der Waals surface area contributed by atoms with Crippen LogP contribution in [-0.4, -0.2) is 12.5 Å². The third-order valence-electron chi connectivity index (χ3n) is 3.72. The molecule has 0 aliphatic carbocycles. The molecule has 3 nitrogen and oxygen atoms in total. The molecule has 0 fully saturated rings. The molecule has 120 valence electrons. The van der Waals surface area contributed by atoms with E-state index in [4.69, 9.17) is 10.5 Å². The number of allylic oxidation sites excluding steroid dienone is 1. The van der Waals surface area contributed by atoms with Gasteiger partial charge in [0.15, 0.2) is 6.61 Å². The topological polar surface area (TPSA) is 52.3 Å². The fourth-order valence-corrected chi connectivity index (χ4v) is 2.94. The van der Waals surface area contributed by atoms with E-state index in [-0.39, 0.29) is 6.61 Å². The first-order chi connectivity index (χ1) is 10.9. The van der Waals surface area contributed by atoms with Gasteiger partial charge < -0.3 is 10.5 Å². The van der Waals surface area contributed by atoms with E-state index in [9.17, 15) is 4.79 Å². The van der Waals surface area contributed by atoms with Crippen LogP contribution in [0.15, 0.2) is 36.4 Å². The van der Waals surface area contributed by atoms with E-state index in [0.29, 0.717) is 5.75 Å². The van der Waals surface area contributed by atoms with E-state index >= 15 is 0 Å². The van der Waals surface area contributed by atoms with Crippen LogP contribution in [0.2, 0.25) is 0 Å². The number of ether oxygens (including phenoxy) is 1. The van der Waals surface area contributed by atoms with Crippen molar-refractivity contribution in [2.75, 3.05) is 6.61 Å². The molecule has 0 heterocycles. The Balaban J connectivity index is 2.23. The maximum absolute atomic E-state index is 10.7. The van der Waals surface area contributed by atoms with E-state index in [1.54, 1.807) is 0 Å². The SMILES string of the molecule is C/C(=C/c1ccc(OCC(N)=O)cc1)c1c(C)cc(C)cc1C. The van der Waals surface area contributed by atoms with Crippen LogP contribution in [0.25, 0.3) is 11.6 Å². The zero-order valence-corrected chi connectivity index (χ0v) is 14.1. The lowest BCUT2D eigenvalue weighted by Crippen LogP contribution is -2.19. The molecule has 2 N–H and O–H groups in total. The Bertz CT molecular complexity index is 720. The molecule has 0 spiro atoms. The van der Waals surface area contributed by atoms with E-state index < -0.39 is 5.91 Å². The molecule has 0 saturated carbocycles. The summed E-state index contributed by atoms with van der Waals surface area (Å²) >= 11 is 0. The highest BCUT2D eigenvalue weighted by Crippen LogP contribution is 2.26. The summed E-state index contributed by atoms with van der Waals surface area (Å²) in [5.74, 6) is 0.163. The molecule has 0 aliphatic rings. The fourth-order valence-electron chi connectivity index (χ4n) is 2.94. The molecule has 0 atom stereocenters. The molecule has 0 bridgehead atoms. The summed E-state index contributed by atoms with van der Waals surface area (Å²) in [7, 11) is 0. The van der Waals surface area contributed by atoms with Gasteiger partial charge in [-0.3, -0.25) is 4.79 Å². The molecule has 23 heavy (non-hydrogen) atoms. The van der Waals surface area contributed by atoms with Crippen molar-refractivity contribution in [1.82, 2.24) is 0 Å². The van der Waals surface area contributed by atoms with Crippen molar-refractivity contribution in [1.29, 1.82) is 0 Å². The van der Waals surface area contributed by atoms with E-state index in [1.807, 2.05) is 24.3 Å². The molecule has 0 radical (unpaired) electrons. The molecule has 0 unspecified atom stereocenters. The molecular formula is C20H23NO2. The van der Waals surface area contributed by atoms with Gasteiger partial charge in [0.05, 0.1) is 0 Å². The van der Waals surface area contributed by atoms with Gasteiger partial charge in [0.25, 0.3) is 5.91 Å². The van der Waals surface area contributed by atoms with Crippen molar-refractivity contribution in [3.05, 3.63) is 64.2 Å². The van der Waals surface area contributed by atoms with Crippen LogP contribution in [0.4, 0.5) is 0 Å². The van der Waals surface area contributed by atoms with Gasteiger partial charge in [0.1, 0.15) is 5.75 Å². The Morgan fingerprint density at radius 2 is 1.65 bits per heavy atom. The number of carbonyl (C=O) groups is 1. The number of carbonyl (C=O) groups excluding carboxylic acids is 1. The summed E-state index contributed by atoms with van der Waals surface area (Å²) < 4.78 is 5.27. The number of nitrogens with two attached hydrogens (primary N) is 1. The third kappa shape index (κ3) is 4.46. The van der Waals surface area contributed by atoms with Gasteiger partial charge in [-0.15, -0.1) is 0 Å². The van der Waals surface area contributed by atoms with Crippen molar-refractivity contribution in [3.8, 4) is 5.75 Å². The highest BCUT2D eigenvalue weighted by Gasteiger charge is 2.06. The van der Waals surface area contributed by atoms with Crippen LogP contribution < -0.4 is 10.5 Å². The van der Waals surface area contributed by atoms with Crippen LogP contribution >= 0.6 is 0 Å². The zero-order chi connectivity index (χ0) is 17.0. The molecule has 2 rings (SSSR count). The maximum Gasteiger partial charge on any atom is 0.255 e. The number of hydrogen-bond acceptors (Lipinski definition) is 2. The highest BCUT2D eigenvalue weighted by molar-refractivity contribution is 5.83. The predicted octanol–water partition coefficient (Wildman–Crippen LogP) is 4.04. The predicted molar refractivity (Wildman–Crippen MR) is 95.3 cm³/mol.